The van der Waals surface area contributed by atoms with Gasteiger partial charge in [0.1, 0.15) is 0 Å². The molecule has 3 heteroatoms. The Kier molecular flexibility index (Phi) is 6.34. The van der Waals surface area contributed by atoms with Crippen molar-refractivity contribution in [1.82, 2.24) is 0 Å². The summed E-state index contributed by atoms with van der Waals surface area (Å²) in [5, 5.41) is 0. The van der Waals surface area contributed by atoms with Crippen LogP contribution >= 0.6 is 0 Å². The summed E-state index contributed by atoms with van der Waals surface area (Å²) >= 11 is 0. The molecule has 0 rings (SSSR count). The fourth-order valence-electron chi connectivity index (χ4n) is 0.813. The van der Waals surface area contributed by atoms with Crippen LogP contribution in [0.3, 0.4) is 0 Å². The van der Waals surface area contributed by atoms with Gasteiger partial charge in [0.2, 0.25) is 0 Å². The van der Waals surface area contributed by atoms with Crippen LogP contribution in [0.5, 0.6) is 0 Å². The van der Waals surface area contributed by atoms with Gasteiger partial charge in [-0.15, -0.1) is 0 Å². The van der Waals surface area contributed by atoms with Crippen LogP contribution in [0.25, 0.3) is 0 Å². The van der Waals surface area contributed by atoms with Crippen LogP contribution in [-0.2, 0) is 9.47 Å². The molecule has 0 bridgehead atoms. The predicted molar refractivity (Wildman–Crippen MR) is 50.2 cm³/mol. The largest absolute Gasteiger partial charge is 0.379 e. The molecular formula is C9H21NO2. The van der Waals surface area contributed by atoms with Gasteiger partial charge in [-0.2, -0.15) is 0 Å². The molecule has 0 aliphatic rings. The van der Waals surface area contributed by atoms with Crippen molar-refractivity contribution in [2.75, 3.05) is 13.2 Å². The Morgan fingerprint density at radius 3 is 2.25 bits per heavy atom. The maximum atomic E-state index is 5.65. The van der Waals surface area contributed by atoms with Gasteiger partial charge >= 0.3 is 0 Å². The molecule has 12 heavy (non-hydrogen) atoms. The number of nitrogens with two attached hydrogens (primary N) is 1. The summed E-state index contributed by atoms with van der Waals surface area (Å²) in [5.41, 5.74) is 5.65. The second kappa shape index (κ2) is 6.40. The Bertz CT molecular complexity index is 107. The molecule has 0 aromatic rings. The molecule has 0 saturated carbocycles. The molecule has 0 aliphatic carbocycles. The van der Waals surface area contributed by atoms with Crippen molar-refractivity contribution in [2.45, 2.75) is 45.9 Å². The highest BCUT2D eigenvalue weighted by atomic mass is 16.5. The first-order chi connectivity index (χ1) is 5.57. The molecule has 0 aliphatic heterocycles. The standard InChI is InChI=1S/C9H21NO2/c1-5-11-6-7(2)12-9(4)8(3)10/h7-9H,5-6,10H2,1-4H3/t7?,8-,9?/m1/s1. The van der Waals surface area contributed by atoms with Crippen molar-refractivity contribution >= 4 is 0 Å². The Morgan fingerprint density at radius 2 is 1.83 bits per heavy atom. The third-order valence-corrected chi connectivity index (χ3v) is 1.74. The zero-order chi connectivity index (χ0) is 9.56. The molecule has 0 amide bonds. The highest BCUT2D eigenvalue weighted by Gasteiger charge is 2.11. The van der Waals surface area contributed by atoms with Gasteiger partial charge in [0.25, 0.3) is 0 Å². The lowest BCUT2D eigenvalue weighted by atomic mass is 10.2. The number of hydrogen-bond donors (Lipinski definition) is 1. The highest BCUT2D eigenvalue weighted by Crippen LogP contribution is 2.01. The second-order valence-electron chi connectivity index (χ2n) is 3.17. The summed E-state index contributed by atoms with van der Waals surface area (Å²) in [5.74, 6) is 0. The quantitative estimate of drug-likeness (QED) is 0.659. The molecule has 3 nitrogen and oxygen atoms in total. The molecule has 0 aromatic carbocycles. The normalized spacial score (nSPS) is 18.8. The molecule has 0 saturated heterocycles. The van der Waals surface area contributed by atoms with Gasteiger partial charge in [0, 0.05) is 12.6 Å². The van der Waals surface area contributed by atoms with Gasteiger partial charge in [-0.3, -0.25) is 0 Å². The number of ether oxygens (including phenoxy) is 2. The van der Waals surface area contributed by atoms with Crippen LogP contribution in [0.2, 0.25) is 0 Å². The topological polar surface area (TPSA) is 44.5 Å². The molecule has 0 radical (unpaired) electrons. The Hall–Kier alpha value is -0.120. The summed E-state index contributed by atoms with van der Waals surface area (Å²) < 4.78 is 10.8. The summed E-state index contributed by atoms with van der Waals surface area (Å²) in [7, 11) is 0. The van der Waals surface area contributed by atoms with E-state index in [2.05, 4.69) is 0 Å². The maximum Gasteiger partial charge on any atom is 0.0784 e. The molecule has 74 valence electrons. The molecular weight excluding hydrogens is 154 g/mol. The minimum Gasteiger partial charge on any atom is -0.379 e. The van der Waals surface area contributed by atoms with Crippen molar-refractivity contribution in [3.05, 3.63) is 0 Å². The van der Waals surface area contributed by atoms with Gasteiger partial charge in [0.15, 0.2) is 0 Å². The zero-order valence-electron chi connectivity index (χ0n) is 8.54. The summed E-state index contributed by atoms with van der Waals surface area (Å²) in [6.45, 7) is 9.27. The smallest absolute Gasteiger partial charge is 0.0784 e. The van der Waals surface area contributed by atoms with Gasteiger partial charge in [-0.25, -0.2) is 0 Å². The van der Waals surface area contributed by atoms with Gasteiger partial charge in [0.05, 0.1) is 18.8 Å². The van der Waals surface area contributed by atoms with E-state index in [0.29, 0.717) is 6.61 Å². The van der Waals surface area contributed by atoms with Gasteiger partial charge < -0.3 is 15.2 Å². The Morgan fingerprint density at radius 1 is 1.25 bits per heavy atom. The van der Waals surface area contributed by atoms with E-state index in [1.54, 1.807) is 0 Å². The predicted octanol–water partition coefficient (Wildman–Crippen LogP) is 1.16. The lowest BCUT2D eigenvalue weighted by Gasteiger charge is -2.21. The Balaban J connectivity index is 3.47. The summed E-state index contributed by atoms with van der Waals surface area (Å²) in [6, 6.07) is 0.0778. The summed E-state index contributed by atoms with van der Waals surface area (Å²) in [6.07, 6.45) is 0.228. The van der Waals surface area contributed by atoms with E-state index in [0.717, 1.165) is 6.61 Å². The van der Waals surface area contributed by atoms with Crippen LogP contribution < -0.4 is 5.73 Å². The van der Waals surface area contributed by atoms with Gasteiger partial charge in [-0.05, 0) is 27.7 Å². The van der Waals surface area contributed by atoms with Crippen LogP contribution in [0.4, 0.5) is 0 Å². The molecule has 0 fully saturated rings. The average Bonchev–Trinajstić information content (AvgIpc) is 2.00. The van der Waals surface area contributed by atoms with Crippen molar-refractivity contribution in [3.63, 3.8) is 0 Å². The Labute approximate surface area is 75.2 Å². The van der Waals surface area contributed by atoms with Crippen molar-refractivity contribution < 1.29 is 9.47 Å². The minimum atomic E-state index is 0.0778. The van der Waals surface area contributed by atoms with E-state index < -0.39 is 0 Å². The first-order valence-corrected chi connectivity index (χ1v) is 4.56. The third-order valence-electron chi connectivity index (χ3n) is 1.74. The first kappa shape index (κ1) is 11.9. The van der Waals surface area contributed by atoms with E-state index in [9.17, 15) is 0 Å². The van der Waals surface area contributed by atoms with Crippen molar-refractivity contribution in [2.24, 2.45) is 5.73 Å². The molecule has 0 spiro atoms. The third kappa shape index (κ3) is 5.52. The second-order valence-corrected chi connectivity index (χ2v) is 3.17. The van der Waals surface area contributed by atoms with E-state index in [-0.39, 0.29) is 18.2 Å². The lowest BCUT2D eigenvalue weighted by molar-refractivity contribution is -0.0457. The van der Waals surface area contributed by atoms with Crippen LogP contribution in [-0.4, -0.2) is 31.5 Å². The molecule has 3 atom stereocenters. The number of rotatable bonds is 6. The van der Waals surface area contributed by atoms with E-state index >= 15 is 0 Å². The zero-order valence-corrected chi connectivity index (χ0v) is 8.54. The first-order valence-electron chi connectivity index (χ1n) is 4.56. The van der Waals surface area contributed by atoms with E-state index in [1.165, 1.54) is 0 Å². The molecule has 0 heterocycles. The van der Waals surface area contributed by atoms with Crippen LogP contribution in [0.1, 0.15) is 27.7 Å². The van der Waals surface area contributed by atoms with Gasteiger partial charge in [-0.1, -0.05) is 0 Å². The molecule has 2 N–H and O–H groups in total. The van der Waals surface area contributed by atoms with E-state index in [4.69, 9.17) is 15.2 Å². The maximum absolute atomic E-state index is 5.65. The molecule has 2 unspecified atom stereocenters. The van der Waals surface area contributed by atoms with Crippen molar-refractivity contribution in [3.8, 4) is 0 Å². The molecule has 0 aromatic heterocycles. The van der Waals surface area contributed by atoms with E-state index in [1.807, 2.05) is 27.7 Å². The lowest BCUT2D eigenvalue weighted by Crippen LogP contribution is -2.35. The van der Waals surface area contributed by atoms with Crippen LogP contribution in [0, 0.1) is 0 Å². The SMILES string of the molecule is CCOCC(C)OC(C)[C@@H](C)N. The average molecular weight is 175 g/mol. The fraction of sp³-hybridized carbons (Fsp3) is 1.00. The minimum absolute atomic E-state index is 0.0778. The van der Waals surface area contributed by atoms with Crippen molar-refractivity contribution in [1.29, 1.82) is 0 Å². The number of hydrogen-bond acceptors (Lipinski definition) is 3. The fourth-order valence-corrected chi connectivity index (χ4v) is 0.813. The monoisotopic (exact) mass is 175 g/mol. The summed E-state index contributed by atoms with van der Waals surface area (Å²) in [4.78, 5) is 0. The van der Waals surface area contributed by atoms with Crippen LogP contribution in [0.15, 0.2) is 0 Å². The highest BCUT2D eigenvalue weighted by molar-refractivity contribution is 4.64.